The molecule has 0 aliphatic rings. The molecule has 0 aromatic carbocycles. The van der Waals surface area contributed by atoms with E-state index in [-0.39, 0.29) is 6.04 Å². The predicted molar refractivity (Wildman–Crippen MR) is 56.5 cm³/mol. The van der Waals surface area contributed by atoms with Crippen LogP contribution >= 0.6 is 0 Å². The first-order chi connectivity index (χ1) is 7.19. The van der Waals surface area contributed by atoms with Crippen molar-refractivity contribution >= 4 is 0 Å². The van der Waals surface area contributed by atoms with Crippen LogP contribution in [0.1, 0.15) is 44.5 Å². The summed E-state index contributed by atoms with van der Waals surface area (Å²) in [7, 11) is 1.68. The summed E-state index contributed by atoms with van der Waals surface area (Å²) in [6.45, 7) is 4.67. The Bertz CT molecular complexity index is 288. The summed E-state index contributed by atoms with van der Waals surface area (Å²) >= 11 is 0. The lowest BCUT2D eigenvalue weighted by atomic mass is 10.2. The standard InChI is InChI=1S/C10H19N3O2/c1-4-10(14)9-7-13(12-11-9)8(2)5-6-15-3/h7-8,10,14H,4-6H2,1-3H3. The van der Waals surface area contributed by atoms with E-state index in [4.69, 9.17) is 4.74 Å². The fraction of sp³-hybridized carbons (Fsp3) is 0.800. The van der Waals surface area contributed by atoms with Gasteiger partial charge in [0.2, 0.25) is 0 Å². The molecule has 0 amide bonds. The molecule has 1 N–H and O–H groups in total. The van der Waals surface area contributed by atoms with E-state index >= 15 is 0 Å². The first-order valence-corrected chi connectivity index (χ1v) is 5.27. The van der Waals surface area contributed by atoms with Gasteiger partial charge in [0.1, 0.15) is 5.69 Å². The van der Waals surface area contributed by atoms with Gasteiger partial charge < -0.3 is 9.84 Å². The van der Waals surface area contributed by atoms with Crippen molar-refractivity contribution in [3.8, 4) is 0 Å². The second-order valence-electron chi connectivity index (χ2n) is 3.68. The molecule has 5 nitrogen and oxygen atoms in total. The zero-order chi connectivity index (χ0) is 11.3. The highest BCUT2D eigenvalue weighted by Gasteiger charge is 2.12. The number of aliphatic hydroxyl groups is 1. The Labute approximate surface area is 90.1 Å². The van der Waals surface area contributed by atoms with E-state index < -0.39 is 6.10 Å². The average molecular weight is 213 g/mol. The molecule has 5 heteroatoms. The molecular formula is C10H19N3O2. The summed E-state index contributed by atoms with van der Waals surface area (Å²) in [4.78, 5) is 0. The monoisotopic (exact) mass is 213 g/mol. The van der Waals surface area contributed by atoms with Gasteiger partial charge in [0.15, 0.2) is 0 Å². The third kappa shape index (κ3) is 3.28. The smallest absolute Gasteiger partial charge is 0.111 e. The molecule has 0 aliphatic carbocycles. The van der Waals surface area contributed by atoms with Crippen LogP contribution in [-0.4, -0.2) is 33.8 Å². The number of hydrogen-bond acceptors (Lipinski definition) is 4. The number of ether oxygens (including phenoxy) is 1. The fourth-order valence-corrected chi connectivity index (χ4v) is 1.29. The van der Waals surface area contributed by atoms with Crippen molar-refractivity contribution < 1.29 is 9.84 Å². The minimum absolute atomic E-state index is 0.246. The van der Waals surface area contributed by atoms with E-state index in [1.807, 2.05) is 6.92 Å². The number of methoxy groups -OCH3 is 1. The van der Waals surface area contributed by atoms with Gasteiger partial charge in [-0.3, -0.25) is 0 Å². The minimum atomic E-state index is -0.506. The molecule has 0 saturated carbocycles. The van der Waals surface area contributed by atoms with Crippen molar-refractivity contribution in [1.82, 2.24) is 15.0 Å². The molecule has 1 aromatic heterocycles. The van der Waals surface area contributed by atoms with Crippen LogP contribution in [0, 0.1) is 0 Å². The first kappa shape index (κ1) is 12.1. The van der Waals surface area contributed by atoms with Crippen LogP contribution in [0.25, 0.3) is 0 Å². The zero-order valence-electron chi connectivity index (χ0n) is 9.55. The molecule has 0 radical (unpaired) electrons. The molecule has 1 aromatic rings. The van der Waals surface area contributed by atoms with Crippen molar-refractivity contribution in [3.63, 3.8) is 0 Å². The van der Waals surface area contributed by atoms with Gasteiger partial charge in [-0.05, 0) is 19.8 Å². The van der Waals surface area contributed by atoms with E-state index in [9.17, 15) is 5.11 Å². The van der Waals surface area contributed by atoms with Gasteiger partial charge >= 0.3 is 0 Å². The lowest BCUT2D eigenvalue weighted by molar-refractivity contribution is 0.168. The maximum atomic E-state index is 9.56. The fourth-order valence-electron chi connectivity index (χ4n) is 1.29. The molecule has 86 valence electrons. The zero-order valence-corrected chi connectivity index (χ0v) is 9.55. The molecule has 0 fully saturated rings. The summed E-state index contributed by atoms with van der Waals surface area (Å²) in [6.07, 6.45) is 2.84. The highest BCUT2D eigenvalue weighted by Crippen LogP contribution is 2.15. The number of rotatable bonds is 6. The van der Waals surface area contributed by atoms with Crippen molar-refractivity contribution in [3.05, 3.63) is 11.9 Å². The van der Waals surface area contributed by atoms with Crippen LogP contribution in [0.2, 0.25) is 0 Å². The summed E-state index contributed by atoms with van der Waals surface area (Å²) in [5, 5.41) is 17.5. The highest BCUT2D eigenvalue weighted by atomic mass is 16.5. The highest BCUT2D eigenvalue weighted by molar-refractivity contribution is 4.97. The molecule has 1 heterocycles. The van der Waals surface area contributed by atoms with Crippen molar-refractivity contribution in [1.29, 1.82) is 0 Å². The van der Waals surface area contributed by atoms with Crippen LogP contribution in [0.4, 0.5) is 0 Å². The molecule has 0 saturated heterocycles. The normalized spacial score (nSPS) is 15.2. The molecule has 2 atom stereocenters. The molecule has 0 bridgehead atoms. The quantitative estimate of drug-likeness (QED) is 0.774. The Morgan fingerprint density at radius 3 is 2.93 bits per heavy atom. The second kappa shape index (κ2) is 5.82. The molecule has 1 rings (SSSR count). The second-order valence-corrected chi connectivity index (χ2v) is 3.68. The third-order valence-corrected chi connectivity index (χ3v) is 2.45. The van der Waals surface area contributed by atoms with Crippen LogP contribution in [-0.2, 0) is 4.74 Å². The Morgan fingerprint density at radius 2 is 2.33 bits per heavy atom. The van der Waals surface area contributed by atoms with E-state index in [0.717, 1.165) is 6.42 Å². The van der Waals surface area contributed by atoms with Crippen LogP contribution < -0.4 is 0 Å². The van der Waals surface area contributed by atoms with Gasteiger partial charge in [0.25, 0.3) is 0 Å². The van der Waals surface area contributed by atoms with E-state index in [1.54, 1.807) is 18.0 Å². The summed E-state index contributed by atoms with van der Waals surface area (Å²) in [6, 6.07) is 0.246. The van der Waals surface area contributed by atoms with Gasteiger partial charge in [0.05, 0.1) is 18.3 Å². The van der Waals surface area contributed by atoms with Crippen molar-refractivity contribution in [2.45, 2.75) is 38.8 Å². The Hall–Kier alpha value is -0.940. The van der Waals surface area contributed by atoms with Crippen LogP contribution in [0.5, 0.6) is 0 Å². The maximum Gasteiger partial charge on any atom is 0.111 e. The summed E-state index contributed by atoms with van der Waals surface area (Å²) < 4.78 is 6.77. The number of aliphatic hydroxyl groups excluding tert-OH is 1. The Kier molecular flexibility index (Phi) is 4.71. The number of hydrogen-bond donors (Lipinski definition) is 1. The topological polar surface area (TPSA) is 60.2 Å². The van der Waals surface area contributed by atoms with Crippen LogP contribution in [0.3, 0.4) is 0 Å². The predicted octanol–water partition coefficient (Wildman–Crippen LogP) is 1.32. The summed E-state index contributed by atoms with van der Waals surface area (Å²) in [5.41, 5.74) is 0.641. The largest absolute Gasteiger partial charge is 0.387 e. The lowest BCUT2D eigenvalue weighted by Gasteiger charge is -2.09. The summed E-state index contributed by atoms with van der Waals surface area (Å²) in [5.74, 6) is 0. The van der Waals surface area contributed by atoms with Gasteiger partial charge in [0, 0.05) is 13.7 Å². The van der Waals surface area contributed by atoms with Gasteiger partial charge in [-0.2, -0.15) is 0 Å². The Balaban J connectivity index is 2.58. The van der Waals surface area contributed by atoms with Gasteiger partial charge in [-0.25, -0.2) is 4.68 Å². The first-order valence-electron chi connectivity index (χ1n) is 5.27. The van der Waals surface area contributed by atoms with Gasteiger partial charge in [-0.1, -0.05) is 12.1 Å². The van der Waals surface area contributed by atoms with Gasteiger partial charge in [-0.15, -0.1) is 5.10 Å². The average Bonchev–Trinajstić information content (AvgIpc) is 2.74. The van der Waals surface area contributed by atoms with Crippen molar-refractivity contribution in [2.75, 3.05) is 13.7 Å². The number of aromatic nitrogens is 3. The van der Waals surface area contributed by atoms with Crippen LogP contribution in [0.15, 0.2) is 6.20 Å². The molecule has 0 spiro atoms. The molecule has 15 heavy (non-hydrogen) atoms. The molecule has 0 aliphatic heterocycles. The van der Waals surface area contributed by atoms with Crippen molar-refractivity contribution in [2.24, 2.45) is 0 Å². The Morgan fingerprint density at radius 1 is 1.60 bits per heavy atom. The van der Waals surface area contributed by atoms with E-state index in [1.165, 1.54) is 0 Å². The van der Waals surface area contributed by atoms with E-state index in [2.05, 4.69) is 17.2 Å². The number of nitrogens with zero attached hydrogens (tertiary/aromatic N) is 3. The minimum Gasteiger partial charge on any atom is -0.387 e. The maximum absolute atomic E-state index is 9.56. The van der Waals surface area contributed by atoms with E-state index in [0.29, 0.717) is 18.7 Å². The lowest BCUT2D eigenvalue weighted by Crippen LogP contribution is -2.08. The molecular weight excluding hydrogens is 194 g/mol. The third-order valence-electron chi connectivity index (χ3n) is 2.45. The molecule has 2 unspecified atom stereocenters. The SMILES string of the molecule is CCC(O)c1cn(C(C)CCOC)nn1.